The molecule has 4 heterocycles. The van der Waals surface area contributed by atoms with Crippen LogP contribution < -0.4 is 10.3 Å². The summed E-state index contributed by atoms with van der Waals surface area (Å²) >= 11 is 0. The summed E-state index contributed by atoms with van der Waals surface area (Å²) in [5, 5.41) is 2.22. The highest BCUT2D eigenvalue weighted by Crippen LogP contribution is 2.38. The van der Waals surface area contributed by atoms with Crippen LogP contribution in [0.3, 0.4) is 0 Å². The number of rotatable bonds is 3. The maximum Gasteiger partial charge on any atom is 0.433 e. The number of imidazole rings is 1. The second kappa shape index (κ2) is 6.98. The third kappa shape index (κ3) is 2.95. The Bertz CT molecular complexity index is 1530. The van der Waals surface area contributed by atoms with Crippen LogP contribution in [0.1, 0.15) is 11.4 Å². The van der Waals surface area contributed by atoms with Gasteiger partial charge in [-0.3, -0.25) is 14.3 Å². The van der Waals surface area contributed by atoms with Crippen molar-refractivity contribution < 1.29 is 17.9 Å². The summed E-state index contributed by atoms with van der Waals surface area (Å²) in [6, 6.07) is 13.3. The van der Waals surface area contributed by atoms with E-state index in [2.05, 4.69) is 15.1 Å². The SMILES string of the molecule is COc1cccc2nc(-c3c(C)nc4c(-c5ccccc5)c(C(F)(F)F)[nH]n4c3=O)cn12. The number of aromatic nitrogens is 5. The number of hydrogen-bond donors (Lipinski definition) is 1. The lowest BCUT2D eigenvalue weighted by Crippen LogP contribution is -2.20. The molecule has 1 N–H and O–H groups in total. The van der Waals surface area contributed by atoms with Crippen molar-refractivity contribution in [1.82, 2.24) is 24.0 Å². The van der Waals surface area contributed by atoms with Gasteiger partial charge in [0.1, 0.15) is 11.3 Å². The van der Waals surface area contributed by atoms with Crippen molar-refractivity contribution in [3.05, 3.63) is 76.5 Å². The molecule has 32 heavy (non-hydrogen) atoms. The van der Waals surface area contributed by atoms with Crippen LogP contribution in [-0.2, 0) is 6.18 Å². The van der Waals surface area contributed by atoms with Crippen molar-refractivity contribution in [3.8, 4) is 28.3 Å². The topological polar surface area (TPSA) is 76.7 Å². The number of aryl methyl sites for hydroxylation is 1. The van der Waals surface area contributed by atoms with E-state index in [1.54, 1.807) is 66.1 Å². The monoisotopic (exact) mass is 439 g/mol. The van der Waals surface area contributed by atoms with E-state index in [4.69, 9.17) is 4.74 Å². The second-order valence-electron chi connectivity index (χ2n) is 7.18. The molecule has 0 unspecified atom stereocenters. The van der Waals surface area contributed by atoms with Gasteiger partial charge in [0.2, 0.25) is 0 Å². The summed E-state index contributed by atoms with van der Waals surface area (Å²) < 4.78 is 49.3. The highest BCUT2D eigenvalue weighted by atomic mass is 19.4. The molecule has 0 bridgehead atoms. The smallest absolute Gasteiger partial charge is 0.433 e. The fraction of sp³-hybridized carbons (Fsp3) is 0.136. The number of nitrogens with one attached hydrogen (secondary N) is 1. The lowest BCUT2D eigenvalue weighted by Gasteiger charge is -2.07. The fourth-order valence-electron chi connectivity index (χ4n) is 3.83. The van der Waals surface area contributed by atoms with E-state index < -0.39 is 17.4 Å². The first-order chi connectivity index (χ1) is 15.3. The van der Waals surface area contributed by atoms with Crippen LogP contribution in [0, 0.1) is 6.92 Å². The van der Waals surface area contributed by atoms with Crippen molar-refractivity contribution in [1.29, 1.82) is 0 Å². The van der Waals surface area contributed by atoms with Crippen molar-refractivity contribution in [2.45, 2.75) is 13.1 Å². The Morgan fingerprint density at radius 3 is 2.44 bits per heavy atom. The summed E-state index contributed by atoms with van der Waals surface area (Å²) in [5.74, 6) is 0.499. The summed E-state index contributed by atoms with van der Waals surface area (Å²) in [5.41, 5.74) is -0.527. The molecule has 5 rings (SSSR count). The van der Waals surface area contributed by atoms with E-state index in [1.165, 1.54) is 7.11 Å². The van der Waals surface area contributed by atoms with Gasteiger partial charge in [-0.25, -0.2) is 9.97 Å². The van der Waals surface area contributed by atoms with Gasteiger partial charge in [-0.1, -0.05) is 36.4 Å². The minimum Gasteiger partial charge on any atom is -0.482 e. The normalized spacial score (nSPS) is 12.0. The maximum atomic E-state index is 13.8. The lowest BCUT2D eigenvalue weighted by atomic mass is 10.1. The molecule has 0 aliphatic carbocycles. The number of aromatic amines is 1. The predicted octanol–water partition coefficient (Wildman–Crippen LogP) is 4.34. The Kier molecular flexibility index (Phi) is 4.33. The third-order valence-corrected chi connectivity index (χ3v) is 5.23. The van der Waals surface area contributed by atoms with Gasteiger partial charge in [0.15, 0.2) is 11.5 Å². The minimum absolute atomic E-state index is 0.0999. The van der Waals surface area contributed by atoms with Crippen LogP contribution in [0.4, 0.5) is 13.2 Å². The number of halogens is 3. The zero-order valence-corrected chi connectivity index (χ0v) is 16.9. The van der Waals surface area contributed by atoms with Gasteiger partial charge in [0.25, 0.3) is 5.56 Å². The summed E-state index contributed by atoms with van der Waals surface area (Å²) in [7, 11) is 1.50. The first-order valence-corrected chi connectivity index (χ1v) is 9.60. The molecule has 0 amide bonds. The lowest BCUT2D eigenvalue weighted by molar-refractivity contribution is -0.140. The highest BCUT2D eigenvalue weighted by Gasteiger charge is 2.38. The molecule has 0 aliphatic heterocycles. The van der Waals surface area contributed by atoms with E-state index in [-0.39, 0.29) is 28.2 Å². The van der Waals surface area contributed by atoms with Crippen LogP contribution in [0.2, 0.25) is 0 Å². The quantitative estimate of drug-likeness (QED) is 0.454. The number of fused-ring (bicyclic) bond motifs is 2. The molecule has 7 nitrogen and oxygen atoms in total. The molecule has 0 aliphatic rings. The summed E-state index contributed by atoms with van der Waals surface area (Å²) in [4.78, 5) is 22.2. The zero-order valence-electron chi connectivity index (χ0n) is 16.9. The fourth-order valence-corrected chi connectivity index (χ4v) is 3.83. The van der Waals surface area contributed by atoms with Gasteiger partial charge in [-0.05, 0) is 24.6 Å². The van der Waals surface area contributed by atoms with E-state index in [0.29, 0.717) is 17.1 Å². The molecule has 1 aromatic carbocycles. The molecule has 0 saturated carbocycles. The number of nitrogens with zero attached hydrogens (tertiary/aromatic N) is 4. The Morgan fingerprint density at radius 2 is 1.75 bits per heavy atom. The van der Waals surface area contributed by atoms with Crippen molar-refractivity contribution in [2.24, 2.45) is 0 Å². The molecular formula is C22H16F3N5O2. The number of alkyl halides is 3. The molecule has 0 atom stereocenters. The van der Waals surface area contributed by atoms with Gasteiger partial charge < -0.3 is 4.74 Å². The van der Waals surface area contributed by atoms with Gasteiger partial charge in [0.05, 0.1) is 29.6 Å². The Hall–Kier alpha value is -4.08. The van der Waals surface area contributed by atoms with Gasteiger partial charge in [0, 0.05) is 6.20 Å². The van der Waals surface area contributed by atoms with Gasteiger partial charge in [-0.15, -0.1) is 0 Å². The number of pyridine rings is 1. The van der Waals surface area contributed by atoms with Crippen molar-refractivity contribution in [2.75, 3.05) is 7.11 Å². The maximum absolute atomic E-state index is 13.8. The van der Waals surface area contributed by atoms with Gasteiger partial charge >= 0.3 is 6.18 Å². The van der Waals surface area contributed by atoms with Crippen molar-refractivity contribution in [3.63, 3.8) is 0 Å². The molecule has 0 fully saturated rings. The molecule has 4 aromatic heterocycles. The molecule has 0 spiro atoms. The van der Waals surface area contributed by atoms with Crippen LogP contribution >= 0.6 is 0 Å². The van der Waals surface area contributed by atoms with E-state index in [0.717, 1.165) is 4.52 Å². The van der Waals surface area contributed by atoms with Crippen molar-refractivity contribution >= 4 is 11.3 Å². The van der Waals surface area contributed by atoms with Crippen LogP contribution in [-0.4, -0.2) is 31.1 Å². The standard InChI is InChI=1S/C22H16F3N5O2/c1-12-17(14-11-29-15(27-14)9-6-10-16(29)32-2)21(31)30-20(26-12)18(13-7-4-3-5-8-13)19(28-30)22(23,24)25/h3-11,28H,1-2H3. The van der Waals surface area contributed by atoms with Crippen LogP contribution in [0.5, 0.6) is 5.88 Å². The number of ether oxygens (including phenoxy) is 1. The first-order valence-electron chi connectivity index (χ1n) is 9.60. The second-order valence-corrected chi connectivity index (χ2v) is 7.18. The first kappa shape index (κ1) is 19.9. The Balaban J connectivity index is 1.82. The van der Waals surface area contributed by atoms with E-state index >= 15 is 0 Å². The predicted molar refractivity (Wildman–Crippen MR) is 112 cm³/mol. The molecular weight excluding hydrogens is 423 g/mol. The summed E-state index contributed by atoms with van der Waals surface area (Å²) in [6.45, 7) is 1.58. The third-order valence-electron chi connectivity index (χ3n) is 5.23. The molecule has 5 aromatic rings. The van der Waals surface area contributed by atoms with Crippen LogP contribution in [0.25, 0.3) is 33.7 Å². The van der Waals surface area contributed by atoms with Crippen LogP contribution in [0.15, 0.2) is 59.5 Å². The largest absolute Gasteiger partial charge is 0.482 e. The molecule has 0 radical (unpaired) electrons. The average molecular weight is 439 g/mol. The number of benzene rings is 1. The Labute approximate surface area is 178 Å². The molecule has 0 saturated heterocycles. The van der Waals surface area contributed by atoms with E-state index in [1.807, 2.05) is 0 Å². The van der Waals surface area contributed by atoms with E-state index in [9.17, 15) is 18.0 Å². The average Bonchev–Trinajstić information content (AvgIpc) is 3.36. The molecule has 162 valence electrons. The summed E-state index contributed by atoms with van der Waals surface area (Å²) in [6.07, 6.45) is -3.12. The zero-order chi connectivity index (χ0) is 22.6. The number of methoxy groups -OCH3 is 1. The Morgan fingerprint density at radius 1 is 1.00 bits per heavy atom. The number of H-pyrrole nitrogens is 1. The highest BCUT2D eigenvalue weighted by molar-refractivity contribution is 5.81. The molecule has 10 heteroatoms. The van der Waals surface area contributed by atoms with Gasteiger partial charge in [-0.2, -0.15) is 17.7 Å². The number of hydrogen-bond acceptors (Lipinski definition) is 4. The minimum atomic E-state index is -4.71.